The van der Waals surface area contributed by atoms with E-state index in [1.807, 2.05) is 18.3 Å². The Kier molecular flexibility index (Phi) is 5.73. The fourth-order valence-corrected chi connectivity index (χ4v) is 4.56. The van der Waals surface area contributed by atoms with Crippen molar-refractivity contribution >= 4 is 40.8 Å². The second kappa shape index (κ2) is 7.73. The molecule has 3 nitrogen and oxygen atoms in total. The van der Waals surface area contributed by atoms with E-state index in [0.29, 0.717) is 21.7 Å². The van der Waals surface area contributed by atoms with Crippen LogP contribution >= 0.6 is 23.2 Å². The maximum absolute atomic E-state index is 6.61. The highest BCUT2D eigenvalue weighted by atomic mass is 35.5. The number of ether oxygens (including phenoxy) is 1. The number of hydrogen-bond donors (Lipinski definition) is 0. The number of anilines is 1. The molecule has 2 aromatic carbocycles. The molecule has 1 unspecified atom stereocenters. The molecule has 0 saturated heterocycles. The molecule has 0 N–H and O–H groups in total. The maximum atomic E-state index is 6.61. The van der Waals surface area contributed by atoms with Crippen molar-refractivity contribution in [3.05, 3.63) is 51.5 Å². The van der Waals surface area contributed by atoms with Crippen LogP contribution in [-0.2, 0) is 0 Å². The molecule has 0 radical (unpaired) electrons. The molecule has 1 aliphatic rings. The predicted octanol–water partition coefficient (Wildman–Crippen LogP) is 6.86. The molecule has 3 rings (SSSR count). The monoisotopic (exact) mass is 404 g/mol. The van der Waals surface area contributed by atoms with E-state index in [0.717, 1.165) is 24.2 Å². The van der Waals surface area contributed by atoms with E-state index in [1.54, 1.807) is 13.2 Å². The SMILES string of the molecule is CCN1c2cc(Cl)c(C=Nc3ccc(OC)c(Cl)c3)cc2C(C)CC1(C)C. The topological polar surface area (TPSA) is 24.8 Å². The van der Waals surface area contributed by atoms with Crippen LogP contribution in [0.1, 0.15) is 51.2 Å². The first kappa shape index (κ1) is 20.0. The summed E-state index contributed by atoms with van der Waals surface area (Å²) in [6.07, 6.45) is 2.92. The molecule has 144 valence electrons. The molecule has 0 aliphatic carbocycles. The molecule has 27 heavy (non-hydrogen) atoms. The van der Waals surface area contributed by atoms with Gasteiger partial charge in [0.1, 0.15) is 5.75 Å². The molecule has 0 saturated carbocycles. The maximum Gasteiger partial charge on any atom is 0.137 e. The van der Waals surface area contributed by atoms with Gasteiger partial charge in [-0.2, -0.15) is 0 Å². The molecule has 1 heterocycles. The van der Waals surface area contributed by atoms with E-state index in [1.165, 1.54) is 11.3 Å². The summed E-state index contributed by atoms with van der Waals surface area (Å²) in [5.74, 6) is 1.11. The normalized spacial score (nSPS) is 18.6. The third-order valence-corrected chi connectivity index (χ3v) is 5.93. The van der Waals surface area contributed by atoms with Crippen LogP contribution < -0.4 is 9.64 Å². The summed E-state index contributed by atoms with van der Waals surface area (Å²) in [5.41, 5.74) is 4.37. The van der Waals surface area contributed by atoms with Crippen molar-refractivity contribution in [3.8, 4) is 5.75 Å². The Morgan fingerprint density at radius 1 is 1.22 bits per heavy atom. The minimum atomic E-state index is 0.125. The predicted molar refractivity (Wildman–Crippen MR) is 117 cm³/mol. The first-order valence-electron chi connectivity index (χ1n) is 9.25. The number of rotatable bonds is 4. The van der Waals surface area contributed by atoms with E-state index in [9.17, 15) is 0 Å². The molecule has 0 amide bonds. The van der Waals surface area contributed by atoms with Crippen molar-refractivity contribution < 1.29 is 4.74 Å². The second-order valence-corrected chi connectivity index (χ2v) is 8.49. The molecule has 0 bridgehead atoms. The van der Waals surface area contributed by atoms with Gasteiger partial charge in [-0.15, -0.1) is 0 Å². The highest BCUT2D eigenvalue weighted by molar-refractivity contribution is 6.33. The van der Waals surface area contributed by atoms with Gasteiger partial charge in [0.25, 0.3) is 0 Å². The molecular weight excluding hydrogens is 379 g/mol. The average molecular weight is 405 g/mol. The lowest BCUT2D eigenvalue weighted by atomic mass is 9.79. The minimum absolute atomic E-state index is 0.125. The summed E-state index contributed by atoms with van der Waals surface area (Å²) in [4.78, 5) is 7.00. The zero-order chi connectivity index (χ0) is 19.8. The fraction of sp³-hybridized carbons (Fsp3) is 0.409. The van der Waals surface area contributed by atoms with Gasteiger partial charge in [-0.05, 0) is 69.0 Å². The van der Waals surface area contributed by atoms with Crippen LogP contribution in [-0.4, -0.2) is 25.4 Å². The molecule has 0 spiro atoms. The minimum Gasteiger partial charge on any atom is -0.495 e. The molecule has 2 aromatic rings. The third kappa shape index (κ3) is 3.95. The Morgan fingerprint density at radius 2 is 1.96 bits per heavy atom. The van der Waals surface area contributed by atoms with Crippen LogP contribution in [0.2, 0.25) is 10.0 Å². The number of fused-ring (bicyclic) bond motifs is 1. The van der Waals surface area contributed by atoms with Crippen molar-refractivity contribution in [2.75, 3.05) is 18.6 Å². The summed E-state index contributed by atoms with van der Waals surface area (Å²) in [7, 11) is 1.60. The summed E-state index contributed by atoms with van der Waals surface area (Å²) in [5, 5.41) is 1.25. The zero-order valence-corrected chi connectivity index (χ0v) is 18.0. The van der Waals surface area contributed by atoms with E-state index < -0.39 is 0 Å². The molecular formula is C22H26Cl2N2O. The highest BCUT2D eigenvalue weighted by Gasteiger charge is 2.35. The lowest BCUT2D eigenvalue weighted by molar-refractivity contribution is 0.381. The van der Waals surface area contributed by atoms with Gasteiger partial charge in [0.05, 0.1) is 22.8 Å². The Hall–Kier alpha value is -1.71. The van der Waals surface area contributed by atoms with Gasteiger partial charge < -0.3 is 9.64 Å². The molecule has 1 aliphatic heterocycles. The standard InChI is InChI=1S/C22H26Cl2N2O/c1-6-26-20-11-18(23)15(9-17(20)14(2)12-22(26,3)4)13-25-16-7-8-21(27-5)19(24)10-16/h7-11,13-14H,6,12H2,1-5H3. The highest BCUT2D eigenvalue weighted by Crippen LogP contribution is 2.44. The molecule has 0 fully saturated rings. The van der Waals surface area contributed by atoms with Crippen molar-refractivity contribution in [3.63, 3.8) is 0 Å². The van der Waals surface area contributed by atoms with Crippen LogP contribution in [0.25, 0.3) is 0 Å². The third-order valence-electron chi connectivity index (χ3n) is 5.31. The van der Waals surface area contributed by atoms with Crippen molar-refractivity contribution in [1.82, 2.24) is 0 Å². The van der Waals surface area contributed by atoms with Crippen molar-refractivity contribution in [1.29, 1.82) is 0 Å². The Bertz CT molecular complexity index is 877. The van der Waals surface area contributed by atoms with Gasteiger partial charge in [-0.1, -0.05) is 30.1 Å². The first-order chi connectivity index (χ1) is 12.8. The first-order valence-corrected chi connectivity index (χ1v) is 10.0. The average Bonchev–Trinajstić information content (AvgIpc) is 2.60. The molecule has 1 atom stereocenters. The smallest absolute Gasteiger partial charge is 0.137 e. The van der Waals surface area contributed by atoms with E-state index in [4.69, 9.17) is 27.9 Å². The van der Waals surface area contributed by atoms with Gasteiger partial charge >= 0.3 is 0 Å². The zero-order valence-electron chi connectivity index (χ0n) is 16.5. The Balaban J connectivity index is 1.97. The van der Waals surface area contributed by atoms with Gasteiger partial charge in [0, 0.05) is 29.5 Å². The summed E-state index contributed by atoms with van der Waals surface area (Å²) < 4.78 is 5.18. The summed E-state index contributed by atoms with van der Waals surface area (Å²) >= 11 is 12.8. The quantitative estimate of drug-likeness (QED) is 0.519. The molecule has 0 aromatic heterocycles. The van der Waals surface area contributed by atoms with Gasteiger partial charge in [-0.3, -0.25) is 4.99 Å². The Labute approximate surface area is 172 Å². The number of methoxy groups -OCH3 is 1. The van der Waals surface area contributed by atoms with Crippen LogP contribution in [0.3, 0.4) is 0 Å². The summed E-state index contributed by atoms with van der Waals surface area (Å²) in [6, 6.07) is 9.73. The lowest BCUT2D eigenvalue weighted by Crippen LogP contribution is -2.48. The largest absolute Gasteiger partial charge is 0.495 e. The molecule has 5 heteroatoms. The second-order valence-electron chi connectivity index (χ2n) is 7.67. The van der Waals surface area contributed by atoms with Gasteiger partial charge in [0.15, 0.2) is 0 Å². The van der Waals surface area contributed by atoms with Crippen LogP contribution in [0.15, 0.2) is 35.3 Å². The lowest BCUT2D eigenvalue weighted by Gasteiger charge is -2.47. The van der Waals surface area contributed by atoms with Crippen LogP contribution in [0, 0.1) is 0 Å². The number of nitrogens with zero attached hydrogens (tertiary/aromatic N) is 2. The van der Waals surface area contributed by atoms with E-state index >= 15 is 0 Å². The van der Waals surface area contributed by atoms with Gasteiger partial charge in [-0.25, -0.2) is 0 Å². The van der Waals surface area contributed by atoms with Crippen molar-refractivity contribution in [2.45, 2.75) is 45.6 Å². The number of benzene rings is 2. The number of hydrogen-bond acceptors (Lipinski definition) is 3. The van der Waals surface area contributed by atoms with Gasteiger partial charge in [0.2, 0.25) is 0 Å². The summed E-state index contributed by atoms with van der Waals surface area (Å²) in [6.45, 7) is 10.0. The van der Waals surface area contributed by atoms with Crippen LogP contribution in [0.4, 0.5) is 11.4 Å². The fourth-order valence-electron chi connectivity index (χ4n) is 4.10. The number of halogens is 2. The van der Waals surface area contributed by atoms with Crippen LogP contribution in [0.5, 0.6) is 5.75 Å². The number of aliphatic imine (C=N–C) groups is 1. The van der Waals surface area contributed by atoms with E-state index in [2.05, 4.69) is 49.7 Å². The Morgan fingerprint density at radius 3 is 2.59 bits per heavy atom. The van der Waals surface area contributed by atoms with E-state index in [-0.39, 0.29) is 5.54 Å². The van der Waals surface area contributed by atoms with Crippen molar-refractivity contribution in [2.24, 2.45) is 4.99 Å².